The van der Waals surface area contributed by atoms with Crippen LogP contribution in [0.25, 0.3) is 0 Å². The smallest absolute Gasteiger partial charge is 0.587 e. The average Bonchev–Trinajstić information content (AvgIpc) is 3.42. The van der Waals surface area contributed by atoms with Gasteiger partial charge in [-0.15, -0.1) is 22.7 Å². The average molecular weight is 568 g/mol. The number of quaternary nitrogens is 1. The SMILES string of the molecule is Brc1nccs1.C[C@@H]1C[C@H]1[B-]12OC(=O)C[N+]1(C)CC(=O)O2.FC(F)(F)[C@@H]1C[C@H]1c1nccs1. The van der Waals surface area contributed by atoms with Crippen molar-refractivity contribution in [2.75, 3.05) is 20.1 Å². The molecule has 2 saturated carbocycles. The van der Waals surface area contributed by atoms with Gasteiger partial charge in [-0.1, -0.05) is 19.3 Å². The Morgan fingerprint density at radius 3 is 2.03 bits per heavy atom. The third-order valence-corrected chi connectivity index (χ3v) is 8.78. The molecule has 4 atom stereocenters. The Morgan fingerprint density at radius 1 is 1.09 bits per heavy atom. The summed E-state index contributed by atoms with van der Waals surface area (Å²) in [5.74, 6) is -1.21. The number of alkyl halides is 3. The van der Waals surface area contributed by atoms with Gasteiger partial charge in [0.1, 0.15) is 13.1 Å². The maximum atomic E-state index is 12.1. The molecule has 4 fully saturated rings. The highest BCUT2D eigenvalue weighted by Gasteiger charge is 2.73. The highest BCUT2D eigenvalue weighted by molar-refractivity contribution is 9.11. The molecule has 0 aromatic carbocycles. The van der Waals surface area contributed by atoms with Gasteiger partial charge in [-0.25, -0.2) is 9.97 Å². The summed E-state index contributed by atoms with van der Waals surface area (Å²) in [6.07, 6.45) is 0.488. The molecule has 0 bridgehead atoms. The molecular weight excluding hydrogens is 546 g/mol. The van der Waals surface area contributed by atoms with Crippen LogP contribution in [0.15, 0.2) is 27.1 Å². The molecule has 6 rings (SSSR count). The predicted molar refractivity (Wildman–Crippen MR) is 120 cm³/mol. The molecule has 14 heteroatoms. The molecule has 0 spiro atoms. The minimum Gasteiger partial charge on any atom is -0.600 e. The van der Waals surface area contributed by atoms with Gasteiger partial charge in [-0.05, 0) is 28.2 Å². The van der Waals surface area contributed by atoms with Crippen molar-refractivity contribution in [1.82, 2.24) is 9.97 Å². The fraction of sp³-hybridized carbons (Fsp3) is 0.579. The van der Waals surface area contributed by atoms with Crippen molar-refractivity contribution in [1.29, 1.82) is 0 Å². The topological polar surface area (TPSA) is 78.4 Å². The molecule has 4 aliphatic rings. The first-order valence-corrected chi connectivity index (χ1v) is 12.9. The molecule has 2 aliphatic carbocycles. The van der Waals surface area contributed by atoms with E-state index in [-0.39, 0.29) is 43.2 Å². The first-order valence-electron chi connectivity index (χ1n) is 10.4. The minimum absolute atomic E-state index is 0.219. The van der Waals surface area contributed by atoms with Crippen molar-refractivity contribution in [3.05, 3.63) is 32.1 Å². The number of carbonyl (C=O) groups excluding carboxylic acids is 2. The number of carbonyl (C=O) groups is 2. The van der Waals surface area contributed by atoms with Crippen molar-refractivity contribution in [3.8, 4) is 0 Å². The fourth-order valence-electron chi connectivity index (χ4n) is 4.66. The molecule has 7 nitrogen and oxygen atoms in total. The van der Waals surface area contributed by atoms with E-state index in [4.69, 9.17) is 9.31 Å². The number of fused-ring (bicyclic) bond motifs is 1. The number of aromatic nitrogens is 2. The third kappa shape index (κ3) is 5.13. The normalized spacial score (nSPS) is 35.9. The summed E-state index contributed by atoms with van der Waals surface area (Å²) < 4.78 is 48.3. The van der Waals surface area contributed by atoms with Crippen LogP contribution in [0, 0.1) is 11.8 Å². The molecule has 0 radical (unpaired) electrons. The van der Waals surface area contributed by atoms with Gasteiger partial charge in [-0.2, -0.15) is 13.2 Å². The predicted octanol–water partition coefficient (Wildman–Crippen LogP) is 4.61. The molecule has 33 heavy (non-hydrogen) atoms. The number of halogens is 4. The lowest BCUT2D eigenvalue weighted by Gasteiger charge is -2.40. The van der Waals surface area contributed by atoms with E-state index < -0.39 is 18.8 Å². The first-order chi connectivity index (χ1) is 15.4. The zero-order valence-electron chi connectivity index (χ0n) is 17.8. The molecule has 0 N–H and O–H groups in total. The van der Waals surface area contributed by atoms with Crippen LogP contribution in [-0.2, 0) is 18.9 Å². The van der Waals surface area contributed by atoms with Crippen LogP contribution >= 0.6 is 38.6 Å². The zero-order valence-corrected chi connectivity index (χ0v) is 21.0. The van der Waals surface area contributed by atoms with Gasteiger partial charge >= 0.3 is 24.8 Å². The highest BCUT2D eigenvalue weighted by atomic mass is 79.9. The Hall–Kier alpha value is -1.51. The Morgan fingerprint density at radius 2 is 1.67 bits per heavy atom. The van der Waals surface area contributed by atoms with Crippen molar-refractivity contribution >= 4 is 57.2 Å². The summed E-state index contributed by atoms with van der Waals surface area (Å²) in [6.45, 7) is 0.913. The van der Waals surface area contributed by atoms with Crippen LogP contribution in [0.4, 0.5) is 13.2 Å². The summed E-state index contributed by atoms with van der Waals surface area (Å²) in [4.78, 5) is 30.5. The van der Waals surface area contributed by atoms with Crippen LogP contribution in [0.5, 0.6) is 0 Å². The van der Waals surface area contributed by atoms with Gasteiger partial charge in [-0.3, -0.25) is 9.59 Å². The molecule has 180 valence electrons. The lowest BCUT2D eigenvalue weighted by atomic mass is 9.61. The van der Waals surface area contributed by atoms with Gasteiger partial charge in [0.15, 0.2) is 3.92 Å². The van der Waals surface area contributed by atoms with E-state index in [1.54, 1.807) is 29.1 Å². The molecular formula is C19H22BBrF3N3O4S2. The second-order valence-corrected chi connectivity index (χ2v) is 12.1. The molecule has 2 saturated heterocycles. The summed E-state index contributed by atoms with van der Waals surface area (Å²) >= 11 is 6.07. The van der Waals surface area contributed by atoms with Crippen molar-refractivity contribution < 1.29 is 36.5 Å². The number of thiazole rings is 2. The minimum atomic E-state index is -4.03. The van der Waals surface area contributed by atoms with Gasteiger partial charge in [0.05, 0.1) is 10.9 Å². The molecule has 2 aromatic rings. The van der Waals surface area contributed by atoms with Crippen LogP contribution < -0.4 is 0 Å². The quantitative estimate of drug-likeness (QED) is 0.493. The molecule has 0 amide bonds. The van der Waals surface area contributed by atoms with E-state index in [0.29, 0.717) is 15.3 Å². The van der Waals surface area contributed by atoms with Crippen molar-refractivity contribution in [3.63, 3.8) is 0 Å². The monoisotopic (exact) mass is 567 g/mol. The van der Waals surface area contributed by atoms with Gasteiger partial charge < -0.3 is 13.7 Å². The van der Waals surface area contributed by atoms with E-state index in [1.807, 2.05) is 12.4 Å². The van der Waals surface area contributed by atoms with E-state index in [0.717, 1.165) is 10.3 Å². The van der Waals surface area contributed by atoms with Gasteiger partial charge in [0.2, 0.25) is 0 Å². The van der Waals surface area contributed by atoms with E-state index in [1.165, 1.54) is 11.3 Å². The van der Waals surface area contributed by atoms with E-state index in [9.17, 15) is 22.8 Å². The Balaban J connectivity index is 0.000000129. The largest absolute Gasteiger partial charge is 0.600 e. The highest BCUT2D eigenvalue weighted by Crippen LogP contribution is 2.58. The number of likely N-dealkylation sites (N-methyl/N-ethyl adjacent to an activating group) is 1. The van der Waals surface area contributed by atoms with Crippen LogP contribution in [0.2, 0.25) is 5.82 Å². The zero-order chi connectivity index (χ0) is 24.0. The molecule has 4 heterocycles. The van der Waals surface area contributed by atoms with E-state index in [2.05, 4.69) is 32.8 Å². The molecule has 2 aromatic heterocycles. The summed E-state index contributed by atoms with van der Waals surface area (Å²) in [6, 6.07) is 0. The third-order valence-electron chi connectivity index (χ3n) is 6.54. The van der Waals surface area contributed by atoms with Crippen molar-refractivity contribution in [2.24, 2.45) is 11.8 Å². The Kier molecular flexibility index (Phi) is 6.66. The first kappa shape index (κ1) is 24.6. The van der Waals surface area contributed by atoms with Crippen LogP contribution in [-0.4, -0.2) is 59.3 Å². The van der Waals surface area contributed by atoms with E-state index >= 15 is 0 Å². The van der Waals surface area contributed by atoms with Gasteiger partial charge in [0, 0.05) is 36.1 Å². The Labute approximate surface area is 205 Å². The maximum Gasteiger partial charge on any atom is 0.587 e. The number of nitrogens with zero attached hydrogens (tertiary/aromatic N) is 3. The van der Waals surface area contributed by atoms with Crippen LogP contribution in [0.1, 0.15) is 30.7 Å². The standard InChI is InChI=1S/C9H14BNO4.C7H6F3NS.C3H2BrNS/c1-6-3-7(6)10-11(2,4-8(12)14-10)5-9(13)15-10;8-7(9,10)5-3-4(5)6-11-1-2-12-6;4-3-5-1-2-6-3/h6-7H,3-5H2,1-2H3;1-2,4-5H,3H2;1-2H/t6-,7-,10?,11?;4-,5-;/m11./s1. The second kappa shape index (κ2) is 8.93. The van der Waals surface area contributed by atoms with Crippen LogP contribution in [0.3, 0.4) is 0 Å². The van der Waals surface area contributed by atoms with Crippen molar-refractivity contribution in [2.45, 2.75) is 37.7 Å². The second-order valence-electron chi connectivity index (χ2n) is 9.03. The lowest BCUT2D eigenvalue weighted by molar-refractivity contribution is -0.794. The number of rotatable bonds is 2. The molecule has 2 aliphatic heterocycles. The van der Waals surface area contributed by atoms with Gasteiger partial charge in [0.25, 0.3) is 0 Å². The summed E-state index contributed by atoms with van der Waals surface area (Å²) in [7, 11) is 1.89. The summed E-state index contributed by atoms with van der Waals surface area (Å²) in [5, 5.41) is 4.25. The Bertz CT molecular complexity index is 989. The number of hydrogen-bond acceptors (Lipinski definition) is 8. The summed E-state index contributed by atoms with van der Waals surface area (Å²) in [5.41, 5.74) is 0. The number of hydrogen-bond donors (Lipinski definition) is 0. The maximum absolute atomic E-state index is 12.1. The lowest BCUT2D eigenvalue weighted by Crippen LogP contribution is -2.60. The fourth-order valence-corrected chi connectivity index (χ4v) is 6.27. The molecule has 0 unspecified atom stereocenters.